The number of hydrogen-bond acceptors (Lipinski definition) is 6. The molecule has 0 aromatic heterocycles. The Morgan fingerprint density at radius 1 is 1.37 bits per heavy atom. The highest BCUT2D eigenvalue weighted by molar-refractivity contribution is 6.10. The van der Waals surface area contributed by atoms with Gasteiger partial charge in [-0.1, -0.05) is 18.2 Å². The summed E-state index contributed by atoms with van der Waals surface area (Å²) < 4.78 is 4.86. The Hall–Kier alpha value is -2.86. The first kappa shape index (κ1) is 14.2. The molecule has 0 saturated heterocycles. The second-order valence-corrected chi connectivity index (χ2v) is 3.43. The predicted molar refractivity (Wildman–Crippen MR) is 69.1 cm³/mol. The van der Waals surface area contributed by atoms with Crippen molar-refractivity contribution in [3.8, 4) is 12.1 Å². The van der Waals surface area contributed by atoms with Crippen LogP contribution >= 0.6 is 0 Å². The van der Waals surface area contributed by atoms with Gasteiger partial charge in [-0.2, -0.15) is 15.6 Å². The molecule has 0 bridgehead atoms. The molecule has 0 amide bonds. The maximum Gasteiger partial charge on any atom is 0.310 e. The van der Waals surface area contributed by atoms with Crippen LogP contribution < -0.4 is 5.43 Å². The van der Waals surface area contributed by atoms with E-state index in [1.807, 2.05) is 0 Å². The third kappa shape index (κ3) is 4.49. The van der Waals surface area contributed by atoms with Gasteiger partial charge in [0.05, 0.1) is 18.7 Å². The Balaban J connectivity index is 2.85. The standard InChI is InChI=1S/C13H12N4O2/c1-2-19-13(18)7-10-5-3-4-6-12(10)17-16-11(8-14)9-15/h3-6,17H,2,7H2,1H3. The Kier molecular flexibility index (Phi) is 5.58. The first-order valence-corrected chi connectivity index (χ1v) is 5.58. The van der Waals surface area contributed by atoms with Crippen LogP contribution in [0, 0.1) is 22.7 Å². The van der Waals surface area contributed by atoms with Crippen LogP contribution in [0.4, 0.5) is 5.69 Å². The molecular weight excluding hydrogens is 244 g/mol. The zero-order valence-corrected chi connectivity index (χ0v) is 10.4. The zero-order valence-electron chi connectivity index (χ0n) is 10.4. The van der Waals surface area contributed by atoms with E-state index in [-0.39, 0.29) is 18.1 Å². The molecule has 6 nitrogen and oxygen atoms in total. The molecule has 1 aromatic carbocycles. The van der Waals surface area contributed by atoms with Crippen molar-refractivity contribution >= 4 is 17.4 Å². The maximum absolute atomic E-state index is 11.4. The van der Waals surface area contributed by atoms with Gasteiger partial charge in [-0.25, -0.2) is 0 Å². The third-order valence-corrected chi connectivity index (χ3v) is 2.16. The fourth-order valence-corrected chi connectivity index (χ4v) is 1.34. The van der Waals surface area contributed by atoms with E-state index >= 15 is 0 Å². The van der Waals surface area contributed by atoms with Crippen molar-refractivity contribution in [3.05, 3.63) is 29.8 Å². The van der Waals surface area contributed by atoms with Crippen molar-refractivity contribution < 1.29 is 9.53 Å². The summed E-state index contributed by atoms with van der Waals surface area (Å²) in [4.78, 5) is 11.4. The maximum atomic E-state index is 11.4. The molecule has 0 unspecified atom stereocenters. The lowest BCUT2D eigenvalue weighted by Gasteiger charge is -2.07. The van der Waals surface area contributed by atoms with Crippen molar-refractivity contribution in [2.24, 2.45) is 5.10 Å². The molecule has 0 aliphatic rings. The predicted octanol–water partition coefficient (Wildman–Crippen LogP) is 1.61. The van der Waals surface area contributed by atoms with Gasteiger partial charge in [0, 0.05) is 0 Å². The molecule has 0 fully saturated rings. The molecule has 1 aromatic rings. The number of rotatable bonds is 5. The minimum Gasteiger partial charge on any atom is -0.466 e. The minimum atomic E-state index is -0.346. The highest BCUT2D eigenvalue weighted by Gasteiger charge is 2.08. The van der Waals surface area contributed by atoms with Gasteiger partial charge in [-0.05, 0) is 18.6 Å². The normalized spacial score (nSPS) is 8.79. The number of nitriles is 2. The topological polar surface area (TPSA) is 98.3 Å². The Labute approximate surface area is 110 Å². The second kappa shape index (κ2) is 7.46. The number of anilines is 1. The van der Waals surface area contributed by atoms with E-state index in [1.54, 1.807) is 43.3 Å². The number of para-hydroxylation sites is 1. The average molecular weight is 256 g/mol. The summed E-state index contributed by atoms with van der Waals surface area (Å²) in [5.41, 5.74) is 3.55. The molecule has 96 valence electrons. The van der Waals surface area contributed by atoms with Gasteiger partial charge < -0.3 is 4.74 Å². The smallest absolute Gasteiger partial charge is 0.310 e. The monoisotopic (exact) mass is 256 g/mol. The first-order valence-electron chi connectivity index (χ1n) is 5.58. The summed E-state index contributed by atoms with van der Waals surface area (Å²) >= 11 is 0. The van der Waals surface area contributed by atoms with Crippen molar-refractivity contribution in [1.82, 2.24) is 0 Å². The summed E-state index contributed by atoms with van der Waals surface area (Å²) in [6, 6.07) is 10.2. The Bertz CT molecular complexity index is 551. The van der Waals surface area contributed by atoms with Crippen LogP contribution in [0.1, 0.15) is 12.5 Å². The first-order chi connectivity index (χ1) is 9.21. The quantitative estimate of drug-likeness (QED) is 0.490. The summed E-state index contributed by atoms with van der Waals surface area (Å²) in [5.74, 6) is -0.346. The molecule has 0 heterocycles. The van der Waals surface area contributed by atoms with E-state index in [0.29, 0.717) is 17.9 Å². The number of carbonyl (C=O) groups is 1. The zero-order chi connectivity index (χ0) is 14.1. The van der Waals surface area contributed by atoms with Crippen LogP contribution in [0.5, 0.6) is 0 Å². The molecule has 19 heavy (non-hydrogen) atoms. The van der Waals surface area contributed by atoms with Crippen molar-refractivity contribution in [1.29, 1.82) is 10.5 Å². The SMILES string of the molecule is CCOC(=O)Cc1ccccc1NN=C(C#N)C#N. The summed E-state index contributed by atoms with van der Waals surface area (Å²) in [5, 5.41) is 20.8. The number of nitrogens with zero attached hydrogens (tertiary/aromatic N) is 3. The van der Waals surface area contributed by atoms with E-state index in [4.69, 9.17) is 15.3 Å². The molecule has 0 saturated carbocycles. The highest BCUT2D eigenvalue weighted by atomic mass is 16.5. The van der Waals surface area contributed by atoms with Crippen LogP contribution in [0.15, 0.2) is 29.4 Å². The lowest BCUT2D eigenvalue weighted by molar-refractivity contribution is -0.142. The van der Waals surface area contributed by atoms with Gasteiger partial charge in [-0.15, -0.1) is 0 Å². The molecule has 0 atom stereocenters. The van der Waals surface area contributed by atoms with E-state index in [0.717, 1.165) is 0 Å². The lowest BCUT2D eigenvalue weighted by atomic mass is 10.1. The molecule has 6 heteroatoms. The van der Waals surface area contributed by atoms with Crippen LogP contribution in [0.3, 0.4) is 0 Å². The van der Waals surface area contributed by atoms with Crippen molar-refractivity contribution in [3.63, 3.8) is 0 Å². The highest BCUT2D eigenvalue weighted by Crippen LogP contribution is 2.16. The number of carbonyl (C=O) groups excluding carboxylic acids is 1. The van der Waals surface area contributed by atoms with Gasteiger partial charge in [0.1, 0.15) is 12.1 Å². The largest absolute Gasteiger partial charge is 0.466 e. The van der Waals surface area contributed by atoms with Crippen LogP contribution in [0.2, 0.25) is 0 Å². The summed E-state index contributed by atoms with van der Waals surface area (Å²) in [7, 11) is 0. The van der Waals surface area contributed by atoms with Gasteiger partial charge >= 0.3 is 5.97 Å². The number of benzene rings is 1. The minimum absolute atomic E-state index is 0.0982. The number of hydrazone groups is 1. The molecule has 1 rings (SSSR count). The van der Waals surface area contributed by atoms with E-state index in [2.05, 4.69) is 10.5 Å². The average Bonchev–Trinajstić information content (AvgIpc) is 2.42. The van der Waals surface area contributed by atoms with E-state index in [9.17, 15) is 4.79 Å². The number of nitrogens with one attached hydrogen (secondary N) is 1. The molecule has 0 aliphatic heterocycles. The van der Waals surface area contributed by atoms with Crippen LogP contribution in [-0.4, -0.2) is 18.3 Å². The molecular formula is C13H12N4O2. The van der Waals surface area contributed by atoms with Crippen LogP contribution in [0.25, 0.3) is 0 Å². The van der Waals surface area contributed by atoms with E-state index in [1.165, 1.54) is 0 Å². The third-order valence-electron chi connectivity index (χ3n) is 2.16. The fraction of sp³-hybridized carbons (Fsp3) is 0.231. The van der Waals surface area contributed by atoms with Gasteiger partial charge in [-0.3, -0.25) is 10.2 Å². The summed E-state index contributed by atoms with van der Waals surface area (Å²) in [6.07, 6.45) is 0.0982. The number of esters is 1. The van der Waals surface area contributed by atoms with Crippen molar-refractivity contribution in [2.75, 3.05) is 12.0 Å². The summed E-state index contributed by atoms with van der Waals surface area (Å²) in [6.45, 7) is 2.05. The molecule has 1 N–H and O–H groups in total. The second-order valence-electron chi connectivity index (χ2n) is 3.43. The lowest BCUT2D eigenvalue weighted by Crippen LogP contribution is -2.09. The fourth-order valence-electron chi connectivity index (χ4n) is 1.34. The van der Waals surface area contributed by atoms with Gasteiger partial charge in [0.25, 0.3) is 0 Å². The Morgan fingerprint density at radius 3 is 2.68 bits per heavy atom. The van der Waals surface area contributed by atoms with Crippen molar-refractivity contribution in [2.45, 2.75) is 13.3 Å². The van der Waals surface area contributed by atoms with Gasteiger partial charge in [0.15, 0.2) is 0 Å². The molecule has 0 radical (unpaired) electrons. The van der Waals surface area contributed by atoms with Crippen LogP contribution in [-0.2, 0) is 16.0 Å². The van der Waals surface area contributed by atoms with E-state index < -0.39 is 0 Å². The molecule has 0 spiro atoms. The number of hydrogen-bond donors (Lipinski definition) is 1. The Morgan fingerprint density at radius 2 is 2.05 bits per heavy atom. The van der Waals surface area contributed by atoms with Gasteiger partial charge in [0.2, 0.25) is 5.71 Å². The number of ether oxygens (including phenoxy) is 1. The molecule has 0 aliphatic carbocycles.